The van der Waals surface area contributed by atoms with Crippen LogP contribution in [-0.4, -0.2) is 28.5 Å². The third-order valence-corrected chi connectivity index (χ3v) is 6.73. The second-order valence-electron chi connectivity index (χ2n) is 9.04. The minimum atomic E-state index is -0.391. The predicted molar refractivity (Wildman–Crippen MR) is 129 cm³/mol. The molecule has 0 radical (unpaired) electrons. The summed E-state index contributed by atoms with van der Waals surface area (Å²) in [5, 5.41) is 3.42. The number of aromatic nitrogens is 2. The van der Waals surface area contributed by atoms with Crippen LogP contribution in [0.1, 0.15) is 61.1 Å². The van der Waals surface area contributed by atoms with Crippen LogP contribution in [0.5, 0.6) is 0 Å². The van der Waals surface area contributed by atoms with Gasteiger partial charge in [-0.25, -0.2) is 9.37 Å². The van der Waals surface area contributed by atoms with E-state index < -0.39 is 5.82 Å². The van der Waals surface area contributed by atoms with Crippen LogP contribution < -0.4 is 15.8 Å². The van der Waals surface area contributed by atoms with E-state index in [0.717, 1.165) is 69.5 Å². The van der Waals surface area contributed by atoms with Gasteiger partial charge in [0.2, 0.25) is 0 Å². The quantitative estimate of drug-likeness (QED) is 0.619. The lowest BCUT2D eigenvalue weighted by atomic mass is 10.1. The summed E-state index contributed by atoms with van der Waals surface area (Å²) in [6.45, 7) is 2.48. The third-order valence-electron chi connectivity index (χ3n) is 6.73. The average molecular weight is 449 g/mol. The molecule has 172 valence electrons. The topological polar surface area (TPSA) is 67.2 Å². The van der Waals surface area contributed by atoms with Crippen molar-refractivity contribution in [1.29, 1.82) is 0 Å². The molecule has 3 aromatic rings. The van der Waals surface area contributed by atoms with Crippen molar-refractivity contribution in [3.63, 3.8) is 0 Å². The second-order valence-corrected chi connectivity index (χ2v) is 9.04. The molecule has 6 nitrogen and oxygen atoms in total. The molecule has 2 aromatic carbocycles. The molecule has 3 heterocycles. The van der Waals surface area contributed by atoms with Gasteiger partial charge in [0.15, 0.2) is 0 Å². The SMILES string of the molecule is O=C(Nc1cc(F)ccc1N1CCCCC1)c1ccc2c(=O)n3c(nc2c1)CCCCCC3. The van der Waals surface area contributed by atoms with Crippen molar-refractivity contribution in [3.8, 4) is 0 Å². The summed E-state index contributed by atoms with van der Waals surface area (Å²) in [5.41, 5.74) is 2.20. The number of rotatable bonds is 3. The molecule has 2 aliphatic rings. The molecular formula is C26H29FN4O2. The van der Waals surface area contributed by atoms with Gasteiger partial charge in [0.1, 0.15) is 11.6 Å². The summed E-state index contributed by atoms with van der Waals surface area (Å²) in [5.74, 6) is 0.0644. The highest BCUT2D eigenvalue weighted by molar-refractivity contribution is 6.07. The number of carbonyl (C=O) groups is 1. The maximum atomic E-state index is 14.0. The van der Waals surface area contributed by atoms with Crippen LogP contribution in [-0.2, 0) is 13.0 Å². The van der Waals surface area contributed by atoms with Gasteiger partial charge in [0.25, 0.3) is 11.5 Å². The van der Waals surface area contributed by atoms with Crippen LogP contribution in [0.2, 0.25) is 0 Å². The molecule has 33 heavy (non-hydrogen) atoms. The summed E-state index contributed by atoms with van der Waals surface area (Å²) in [4.78, 5) is 33.1. The van der Waals surface area contributed by atoms with Gasteiger partial charge in [-0.3, -0.25) is 14.2 Å². The Morgan fingerprint density at radius 3 is 2.52 bits per heavy atom. The van der Waals surface area contributed by atoms with Gasteiger partial charge in [-0.2, -0.15) is 0 Å². The van der Waals surface area contributed by atoms with Crippen LogP contribution in [0.15, 0.2) is 41.2 Å². The summed E-state index contributed by atoms with van der Waals surface area (Å²) < 4.78 is 15.8. The fourth-order valence-electron chi connectivity index (χ4n) is 4.95. The molecular weight excluding hydrogens is 419 g/mol. The molecule has 1 aromatic heterocycles. The summed E-state index contributed by atoms with van der Waals surface area (Å²) in [7, 11) is 0. The van der Waals surface area contributed by atoms with Gasteiger partial charge in [0, 0.05) is 31.6 Å². The first-order chi connectivity index (χ1) is 16.1. The number of nitrogens with one attached hydrogen (secondary N) is 1. The monoisotopic (exact) mass is 448 g/mol. The number of amides is 1. The first-order valence-corrected chi connectivity index (χ1v) is 12.0. The maximum Gasteiger partial charge on any atom is 0.261 e. The van der Waals surface area contributed by atoms with E-state index >= 15 is 0 Å². The molecule has 5 rings (SSSR count). The number of nitrogens with zero attached hydrogens (tertiary/aromatic N) is 3. The number of piperidine rings is 1. The third kappa shape index (κ3) is 4.49. The average Bonchev–Trinajstić information content (AvgIpc) is 2.81. The number of carbonyl (C=O) groups excluding carboxylic acids is 1. The van der Waals surface area contributed by atoms with E-state index in [1.807, 2.05) is 0 Å². The van der Waals surface area contributed by atoms with E-state index in [1.54, 1.807) is 28.8 Å². The van der Waals surface area contributed by atoms with Gasteiger partial charge in [-0.1, -0.05) is 12.8 Å². The largest absolute Gasteiger partial charge is 0.370 e. The number of fused-ring (bicyclic) bond motifs is 2. The molecule has 0 saturated carbocycles. The van der Waals surface area contributed by atoms with Crippen LogP contribution in [0.25, 0.3) is 10.9 Å². The zero-order valence-electron chi connectivity index (χ0n) is 18.8. The summed E-state index contributed by atoms with van der Waals surface area (Å²) >= 11 is 0. The van der Waals surface area contributed by atoms with Crippen molar-refractivity contribution >= 4 is 28.2 Å². The molecule has 1 saturated heterocycles. The zero-order chi connectivity index (χ0) is 22.8. The Morgan fingerprint density at radius 1 is 0.909 bits per heavy atom. The summed E-state index contributed by atoms with van der Waals surface area (Å²) in [6.07, 6.45) is 8.38. The summed E-state index contributed by atoms with van der Waals surface area (Å²) in [6, 6.07) is 9.54. The van der Waals surface area contributed by atoms with E-state index in [-0.39, 0.29) is 11.5 Å². The van der Waals surface area contributed by atoms with Crippen molar-refractivity contribution in [3.05, 3.63) is 64.0 Å². The molecule has 1 fully saturated rings. The first-order valence-electron chi connectivity index (χ1n) is 12.0. The zero-order valence-corrected chi connectivity index (χ0v) is 18.8. The van der Waals surface area contributed by atoms with E-state index in [1.165, 1.54) is 18.6 Å². The van der Waals surface area contributed by atoms with E-state index in [9.17, 15) is 14.0 Å². The predicted octanol–water partition coefficient (Wildman–Crippen LogP) is 4.89. The second kappa shape index (κ2) is 9.33. The number of benzene rings is 2. The molecule has 0 atom stereocenters. The Labute approximate surface area is 192 Å². The van der Waals surface area contributed by atoms with Crippen molar-refractivity contribution in [2.45, 2.75) is 57.9 Å². The minimum Gasteiger partial charge on any atom is -0.370 e. The first kappa shape index (κ1) is 21.6. The molecule has 0 aliphatic carbocycles. The van der Waals surface area contributed by atoms with Crippen molar-refractivity contribution < 1.29 is 9.18 Å². The van der Waals surface area contributed by atoms with Crippen LogP contribution >= 0.6 is 0 Å². The highest BCUT2D eigenvalue weighted by Gasteiger charge is 2.19. The number of aryl methyl sites for hydroxylation is 1. The van der Waals surface area contributed by atoms with Gasteiger partial charge in [-0.05, 0) is 68.5 Å². The smallest absolute Gasteiger partial charge is 0.261 e. The highest BCUT2D eigenvalue weighted by Crippen LogP contribution is 2.30. The van der Waals surface area contributed by atoms with Gasteiger partial charge < -0.3 is 10.2 Å². The fourth-order valence-corrected chi connectivity index (χ4v) is 4.95. The van der Waals surface area contributed by atoms with E-state index in [2.05, 4.69) is 10.2 Å². The highest BCUT2D eigenvalue weighted by atomic mass is 19.1. The fraction of sp³-hybridized carbons (Fsp3) is 0.423. The Bertz CT molecular complexity index is 1250. The van der Waals surface area contributed by atoms with Crippen LogP contribution in [0.4, 0.5) is 15.8 Å². The van der Waals surface area contributed by atoms with Crippen LogP contribution in [0.3, 0.4) is 0 Å². The minimum absolute atomic E-state index is 0.0404. The van der Waals surface area contributed by atoms with Gasteiger partial charge >= 0.3 is 0 Å². The normalized spacial score (nSPS) is 16.7. The molecule has 2 aliphatic heterocycles. The molecule has 1 amide bonds. The lowest BCUT2D eigenvalue weighted by Gasteiger charge is -2.30. The van der Waals surface area contributed by atoms with Gasteiger partial charge in [-0.15, -0.1) is 0 Å². The Hall–Kier alpha value is -3.22. The van der Waals surface area contributed by atoms with E-state index in [0.29, 0.717) is 28.7 Å². The molecule has 0 unspecified atom stereocenters. The Kier molecular flexibility index (Phi) is 6.11. The Morgan fingerprint density at radius 2 is 1.67 bits per heavy atom. The maximum absolute atomic E-state index is 14.0. The number of hydrogen-bond donors (Lipinski definition) is 1. The van der Waals surface area contributed by atoms with Crippen LogP contribution in [0, 0.1) is 5.82 Å². The van der Waals surface area contributed by atoms with Crippen molar-refractivity contribution in [1.82, 2.24) is 9.55 Å². The van der Waals surface area contributed by atoms with Crippen molar-refractivity contribution in [2.24, 2.45) is 0 Å². The molecule has 7 heteroatoms. The van der Waals surface area contributed by atoms with Crippen molar-refractivity contribution in [2.75, 3.05) is 23.3 Å². The molecule has 0 spiro atoms. The molecule has 0 bridgehead atoms. The standard InChI is InChI=1S/C26H29FN4O2/c27-19-10-12-23(30-13-5-3-6-14-30)22(17-19)29-25(32)18-9-11-20-21(16-18)28-24-8-4-1-2-7-15-31(24)26(20)33/h9-12,16-17H,1-8,13-15H2,(H,29,32). The van der Waals surface area contributed by atoms with E-state index in [4.69, 9.17) is 4.98 Å². The number of hydrogen-bond acceptors (Lipinski definition) is 4. The number of anilines is 2. The van der Waals surface area contributed by atoms with Gasteiger partial charge in [0.05, 0.1) is 22.3 Å². The number of halogens is 1. The Balaban J connectivity index is 1.46. The lowest BCUT2D eigenvalue weighted by Crippen LogP contribution is -2.30. The molecule has 1 N–H and O–H groups in total. The lowest BCUT2D eigenvalue weighted by molar-refractivity contribution is 0.102.